The van der Waals surface area contributed by atoms with Crippen LogP contribution in [0.3, 0.4) is 0 Å². The van der Waals surface area contributed by atoms with Gasteiger partial charge in [-0.3, -0.25) is 4.79 Å². The Labute approximate surface area is 122 Å². The fourth-order valence-electron chi connectivity index (χ4n) is 2.18. The number of carbonyl (C=O) groups excluding carboxylic acids is 1. The molecule has 0 radical (unpaired) electrons. The van der Waals surface area contributed by atoms with Crippen molar-refractivity contribution >= 4 is 23.4 Å². The number of anilines is 1. The molecule has 3 nitrogen and oxygen atoms in total. The Morgan fingerprint density at radius 2 is 1.71 bits per heavy atom. The highest BCUT2D eigenvalue weighted by Gasteiger charge is 2.28. The Kier molecular flexibility index (Phi) is 3.36. The van der Waals surface area contributed by atoms with Crippen LogP contribution in [0.1, 0.15) is 12.5 Å². The molecule has 0 aliphatic carbocycles. The summed E-state index contributed by atoms with van der Waals surface area (Å²) >= 11 is 0. The number of amides is 1. The number of benzene rings is 2. The lowest BCUT2D eigenvalue weighted by Crippen LogP contribution is -2.21. The average Bonchev–Trinajstić information content (AvgIpc) is 2.78. The summed E-state index contributed by atoms with van der Waals surface area (Å²) < 4.78 is 13.7. The maximum Gasteiger partial charge on any atom is 0.280 e. The van der Waals surface area contributed by atoms with E-state index < -0.39 is 0 Å². The second kappa shape index (κ2) is 5.32. The number of hydrazone groups is 1. The number of rotatable bonds is 2. The molecule has 0 bridgehead atoms. The molecule has 0 atom stereocenters. The molecule has 2 aromatic carbocycles. The van der Waals surface area contributed by atoms with Gasteiger partial charge in [-0.15, -0.1) is 0 Å². The molecule has 1 heterocycles. The maximum atomic E-state index is 13.7. The van der Waals surface area contributed by atoms with Gasteiger partial charge in [-0.25, -0.2) is 4.39 Å². The van der Waals surface area contributed by atoms with Gasteiger partial charge in [0.15, 0.2) is 0 Å². The van der Waals surface area contributed by atoms with Crippen LogP contribution in [-0.4, -0.2) is 11.6 Å². The minimum Gasteiger partial charge on any atom is -0.267 e. The van der Waals surface area contributed by atoms with E-state index in [0.29, 0.717) is 22.5 Å². The predicted octanol–water partition coefficient (Wildman–Crippen LogP) is 3.63. The first-order valence-corrected chi connectivity index (χ1v) is 6.58. The molecule has 0 N–H and O–H groups in total. The number of halogens is 1. The zero-order chi connectivity index (χ0) is 14.8. The first-order valence-electron chi connectivity index (χ1n) is 6.58. The van der Waals surface area contributed by atoms with Crippen molar-refractivity contribution in [1.29, 1.82) is 0 Å². The molecule has 0 aromatic heterocycles. The van der Waals surface area contributed by atoms with E-state index in [1.165, 1.54) is 11.1 Å². The fourth-order valence-corrected chi connectivity index (χ4v) is 2.18. The SMILES string of the molecule is CC1=NN(c2ccccc2)C(=O)/C1=C/c1ccccc1F. The van der Waals surface area contributed by atoms with Crippen LogP contribution in [0.25, 0.3) is 6.08 Å². The first-order chi connectivity index (χ1) is 10.2. The first kappa shape index (κ1) is 13.2. The van der Waals surface area contributed by atoms with E-state index in [2.05, 4.69) is 5.10 Å². The van der Waals surface area contributed by atoms with Crippen molar-refractivity contribution in [2.75, 3.05) is 5.01 Å². The van der Waals surface area contributed by atoms with Gasteiger partial charge in [-0.2, -0.15) is 10.1 Å². The Morgan fingerprint density at radius 1 is 1.05 bits per heavy atom. The van der Waals surface area contributed by atoms with E-state index in [1.807, 2.05) is 18.2 Å². The van der Waals surface area contributed by atoms with Crippen molar-refractivity contribution in [3.8, 4) is 0 Å². The van der Waals surface area contributed by atoms with E-state index in [9.17, 15) is 9.18 Å². The number of hydrogen-bond donors (Lipinski definition) is 0. The lowest BCUT2D eigenvalue weighted by atomic mass is 10.1. The summed E-state index contributed by atoms with van der Waals surface area (Å²) in [4.78, 5) is 12.5. The van der Waals surface area contributed by atoms with Gasteiger partial charge in [0.2, 0.25) is 0 Å². The van der Waals surface area contributed by atoms with Crippen LogP contribution in [0.2, 0.25) is 0 Å². The van der Waals surface area contributed by atoms with Crippen LogP contribution in [-0.2, 0) is 4.79 Å². The van der Waals surface area contributed by atoms with E-state index >= 15 is 0 Å². The number of nitrogens with zero attached hydrogens (tertiary/aromatic N) is 2. The van der Waals surface area contributed by atoms with Gasteiger partial charge in [0.25, 0.3) is 5.91 Å². The monoisotopic (exact) mass is 280 g/mol. The third kappa shape index (κ3) is 2.48. The third-order valence-corrected chi connectivity index (χ3v) is 3.27. The fraction of sp³-hybridized carbons (Fsp3) is 0.0588. The maximum absolute atomic E-state index is 13.7. The van der Waals surface area contributed by atoms with Gasteiger partial charge in [0.1, 0.15) is 5.82 Å². The molecular formula is C17H13FN2O. The summed E-state index contributed by atoms with van der Waals surface area (Å²) in [6, 6.07) is 15.5. The molecule has 1 amide bonds. The molecule has 0 fully saturated rings. The van der Waals surface area contributed by atoms with Gasteiger partial charge >= 0.3 is 0 Å². The molecule has 1 aliphatic heterocycles. The number of para-hydroxylation sites is 1. The summed E-state index contributed by atoms with van der Waals surface area (Å²) in [6.45, 7) is 1.74. The summed E-state index contributed by atoms with van der Waals surface area (Å²) in [5, 5.41) is 5.59. The lowest BCUT2D eigenvalue weighted by molar-refractivity contribution is -0.114. The van der Waals surface area contributed by atoms with E-state index in [1.54, 1.807) is 43.3 Å². The highest BCUT2D eigenvalue weighted by atomic mass is 19.1. The summed E-state index contributed by atoms with van der Waals surface area (Å²) in [7, 11) is 0. The van der Waals surface area contributed by atoms with Crippen LogP contribution < -0.4 is 5.01 Å². The van der Waals surface area contributed by atoms with Crippen molar-refractivity contribution in [3.63, 3.8) is 0 Å². The topological polar surface area (TPSA) is 32.7 Å². The molecule has 21 heavy (non-hydrogen) atoms. The van der Waals surface area contributed by atoms with Crippen LogP contribution >= 0.6 is 0 Å². The normalized spacial score (nSPS) is 16.5. The molecule has 0 unspecified atom stereocenters. The van der Waals surface area contributed by atoms with Crippen molar-refractivity contribution in [1.82, 2.24) is 0 Å². The summed E-state index contributed by atoms with van der Waals surface area (Å²) in [5.41, 5.74) is 2.06. The van der Waals surface area contributed by atoms with E-state index in [4.69, 9.17) is 0 Å². The van der Waals surface area contributed by atoms with Crippen molar-refractivity contribution in [2.24, 2.45) is 5.10 Å². The molecule has 2 aromatic rings. The molecule has 104 valence electrons. The van der Waals surface area contributed by atoms with Crippen molar-refractivity contribution < 1.29 is 9.18 Å². The molecule has 0 saturated heterocycles. The zero-order valence-corrected chi connectivity index (χ0v) is 11.5. The zero-order valence-electron chi connectivity index (χ0n) is 11.5. The number of hydrogen-bond acceptors (Lipinski definition) is 2. The second-order valence-corrected chi connectivity index (χ2v) is 4.72. The van der Waals surface area contributed by atoms with Gasteiger partial charge in [-0.1, -0.05) is 36.4 Å². The average molecular weight is 280 g/mol. The van der Waals surface area contributed by atoms with Crippen LogP contribution in [0.5, 0.6) is 0 Å². The summed E-state index contributed by atoms with van der Waals surface area (Å²) in [6.07, 6.45) is 1.54. The lowest BCUT2D eigenvalue weighted by Gasteiger charge is -2.11. The third-order valence-electron chi connectivity index (χ3n) is 3.27. The van der Waals surface area contributed by atoms with E-state index in [-0.39, 0.29) is 11.7 Å². The molecule has 1 aliphatic rings. The minimum absolute atomic E-state index is 0.248. The van der Waals surface area contributed by atoms with Gasteiger partial charge in [0, 0.05) is 5.56 Å². The highest BCUT2D eigenvalue weighted by Crippen LogP contribution is 2.25. The van der Waals surface area contributed by atoms with E-state index in [0.717, 1.165) is 0 Å². The molecule has 0 saturated carbocycles. The Bertz CT molecular complexity index is 750. The number of carbonyl (C=O) groups is 1. The molecular weight excluding hydrogens is 267 g/mol. The second-order valence-electron chi connectivity index (χ2n) is 4.72. The largest absolute Gasteiger partial charge is 0.280 e. The highest BCUT2D eigenvalue weighted by molar-refractivity contribution is 6.32. The quantitative estimate of drug-likeness (QED) is 0.773. The molecule has 0 spiro atoms. The summed E-state index contributed by atoms with van der Waals surface area (Å²) in [5.74, 6) is -0.606. The standard InChI is InChI=1S/C17H13FN2O/c1-12-15(11-13-7-5-6-10-16(13)18)17(21)20(19-12)14-8-3-2-4-9-14/h2-11H,1H3/b15-11+. The Balaban J connectivity index is 1.98. The van der Waals surface area contributed by atoms with Gasteiger partial charge in [0.05, 0.1) is 17.0 Å². The Morgan fingerprint density at radius 3 is 2.43 bits per heavy atom. The molecule has 4 heteroatoms. The van der Waals surface area contributed by atoms with Crippen LogP contribution in [0.15, 0.2) is 65.3 Å². The molecule has 3 rings (SSSR count). The van der Waals surface area contributed by atoms with Gasteiger partial charge in [-0.05, 0) is 31.2 Å². The van der Waals surface area contributed by atoms with Crippen LogP contribution in [0, 0.1) is 5.82 Å². The Hall–Kier alpha value is -2.75. The van der Waals surface area contributed by atoms with Gasteiger partial charge < -0.3 is 0 Å². The smallest absolute Gasteiger partial charge is 0.267 e. The van der Waals surface area contributed by atoms with Crippen LogP contribution in [0.4, 0.5) is 10.1 Å². The predicted molar refractivity (Wildman–Crippen MR) is 81.4 cm³/mol. The van der Waals surface area contributed by atoms with Crippen molar-refractivity contribution in [3.05, 3.63) is 71.6 Å². The minimum atomic E-state index is -0.358. The van der Waals surface area contributed by atoms with Crippen molar-refractivity contribution in [2.45, 2.75) is 6.92 Å².